The zero-order chi connectivity index (χ0) is 15.9. The van der Waals surface area contributed by atoms with E-state index in [0.717, 1.165) is 11.1 Å². The third kappa shape index (κ3) is 7.46. The van der Waals surface area contributed by atoms with Gasteiger partial charge in [0.2, 0.25) is 5.91 Å². The third-order valence-electron chi connectivity index (χ3n) is 2.94. The second-order valence-corrected chi connectivity index (χ2v) is 6.04. The molecule has 0 aromatic heterocycles. The van der Waals surface area contributed by atoms with E-state index in [9.17, 15) is 9.59 Å². The van der Waals surface area contributed by atoms with Gasteiger partial charge in [0.1, 0.15) is 0 Å². The Kier molecular flexibility index (Phi) is 6.37. The van der Waals surface area contributed by atoms with Crippen molar-refractivity contribution in [3.05, 3.63) is 35.4 Å². The topological polar surface area (TPSA) is 78.4 Å². The van der Waals surface area contributed by atoms with Gasteiger partial charge in [-0.15, -0.1) is 0 Å². The summed E-state index contributed by atoms with van der Waals surface area (Å²) in [4.78, 5) is 22.6. The summed E-state index contributed by atoms with van der Waals surface area (Å²) in [6.07, 6.45) is 0.371. The number of benzene rings is 1. The van der Waals surface area contributed by atoms with Crippen LogP contribution in [0.15, 0.2) is 24.3 Å². The Labute approximate surface area is 125 Å². The van der Waals surface area contributed by atoms with Gasteiger partial charge < -0.3 is 15.7 Å². The first-order chi connectivity index (χ1) is 9.78. The zero-order valence-corrected chi connectivity index (χ0v) is 12.9. The quantitative estimate of drug-likeness (QED) is 0.715. The number of nitrogens with one attached hydrogen (secondary N) is 2. The first-order valence-electron chi connectivity index (χ1n) is 7.08. The van der Waals surface area contributed by atoms with Gasteiger partial charge in [-0.25, -0.2) is 0 Å². The molecule has 0 aliphatic carbocycles. The Hall–Kier alpha value is -1.88. The molecule has 0 aliphatic heterocycles. The van der Waals surface area contributed by atoms with Gasteiger partial charge >= 0.3 is 5.97 Å². The number of carboxylic acid groups (broad SMARTS) is 1. The average Bonchev–Trinajstić information content (AvgIpc) is 2.35. The molecule has 5 heteroatoms. The predicted octanol–water partition coefficient (Wildman–Crippen LogP) is 1.71. The van der Waals surface area contributed by atoms with E-state index in [0.29, 0.717) is 19.5 Å². The van der Waals surface area contributed by atoms with E-state index in [1.165, 1.54) is 0 Å². The predicted molar refractivity (Wildman–Crippen MR) is 82.0 cm³/mol. The van der Waals surface area contributed by atoms with Crippen LogP contribution < -0.4 is 10.6 Å². The van der Waals surface area contributed by atoms with Crippen LogP contribution in [0.25, 0.3) is 0 Å². The van der Waals surface area contributed by atoms with Crippen molar-refractivity contribution in [3.8, 4) is 0 Å². The highest BCUT2D eigenvalue weighted by Crippen LogP contribution is 2.09. The number of carbonyl (C=O) groups excluding carboxylic acids is 1. The van der Waals surface area contributed by atoms with Crippen LogP contribution in [-0.4, -0.2) is 29.1 Å². The van der Waals surface area contributed by atoms with Crippen molar-refractivity contribution < 1.29 is 14.7 Å². The molecule has 0 bridgehead atoms. The minimum atomic E-state index is -0.872. The monoisotopic (exact) mass is 292 g/mol. The standard InChI is InChI=1S/C16H24N2O3/c1-16(2,3)18-9-8-14(19)17-11-13-7-5-4-6-12(13)10-15(20)21/h4-7,18H,8-11H2,1-3H3,(H,17,19)(H,20,21). The largest absolute Gasteiger partial charge is 0.481 e. The molecule has 0 aliphatic rings. The lowest BCUT2D eigenvalue weighted by atomic mass is 10.0. The van der Waals surface area contributed by atoms with Gasteiger partial charge in [-0.05, 0) is 31.9 Å². The van der Waals surface area contributed by atoms with Crippen LogP contribution in [0.1, 0.15) is 38.3 Å². The Morgan fingerprint density at radius 1 is 1.14 bits per heavy atom. The van der Waals surface area contributed by atoms with E-state index in [2.05, 4.69) is 10.6 Å². The molecule has 1 rings (SSSR count). The number of rotatable bonds is 7. The minimum Gasteiger partial charge on any atom is -0.481 e. The number of carboxylic acids is 1. The molecular weight excluding hydrogens is 268 g/mol. The van der Waals surface area contributed by atoms with E-state index < -0.39 is 5.97 Å². The molecule has 5 nitrogen and oxygen atoms in total. The lowest BCUT2D eigenvalue weighted by Crippen LogP contribution is -2.38. The summed E-state index contributed by atoms with van der Waals surface area (Å²) >= 11 is 0. The lowest BCUT2D eigenvalue weighted by molar-refractivity contribution is -0.136. The van der Waals surface area contributed by atoms with Crippen molar-refractivity contribution in [1.29, 1.82) is 0 Å². The van der Waals surface area contributed by atoms with Crippen molar-refractivity contribution in [1.82, 2.24) is 10.6 Å². The smallest absolute Gasteiger partial charge is 0.307 e. The highest BCUT2D eigenvalue weighted by atomic mass is 16.4. The van der Waals surface area contributed by atoms with E-state index in [4.69, 9.17) is 5.11 Å². The van der Waals surface area contributed by atoms with Crippen LogP contribution >= 0.6 is 0 Å². The van der Waals surface area contributed by atoms with Gasteiger partial charge in [0.15, 0.2) is 0 Å². The molecule has 0 saturated carbocycles. The third-order valence-corrected chi connectivity index (χ3v) is 2.94. The summed E-state index contributed by atoms with van der Waals surface area (Å²) in [7, 11) is 0. The fraction of sp³-hybridized carbons (Fsp3) is 0.500. The Morgan fingerprint density at radius 3 is 2.33 bits per heavy atom. The maximum absolute atomic E-state index is 11.8. The molecule has 1 aromatic carbocycles. The van der Waals surface area contributed by atoms with Crippen LogP contribution in [-0.2, 0) is 22.6 Å². The molecule has 0 fully saturated rings. The summed E-state index contributed by atoms with van der Waals surface area (Å²) in [6, 6.07) is 7.26. The van der Waals surface area contributed by atoms with Gasteiger partial charge in [0.25, 0.3) is 0 Å². The maximum atomic E-state index is 11.8. The molecule has 0 spiro atoms. The van der Waals surface area contributed by atoms with Gasteiger partial charge in [-0.1, -0.05) is 24.3 Å². The van der Waals surface area contributed by atoms with Gasteiger partial charge in [-0.3, -0.25) is 9.59 Å². The van der Waals surface area contributed by atoms with Crippen molar-refractivity contribution >= 4 is 11.9 Å². The number of carbonyl (C=O) groups is 2. The van der Waals surface area contributed by atoms with Gasteiger partial charge in [0, 0.05) is 25.0 Å². The summed E-state index contributed by atoms with van der Waals surface area (Å²) in [5.41, 5.74) is 1.57. The lowest BCUT2D eigenvalue weighted by Gasteiger charge is -2.20. The van der Waals surface area contributed by atoms with Crippen LogP contribution in [0.4, 0.5) is 0 Å². The number of hydrogen-bond acceptors (Lipinski definition) is 3. The van der Waals surface area contributed by atoms with E-state index in [1.54, 1.807) is 12.1 Å². The molecule has 0 saturated heterocycles. The summed E-state index contributed by atoms with van der Waals surface area (Å²) in [6.45, 7) is 7.12. The van der Waals surface area contributed by atoms with Crippen LogP contribution in [0, 0.1) is 0 Å². The molecule has 0 unspecified atom stereocenters. The molecule has 1 amide bonds. The molecular formula is C16H24N2O3. The number of hydrogen-bond donors (Lipinski definition) is 3. The molecule has 116 valence electrons. The molecule has 0 radical (unpaired) electrons. The second-order valence-electron chi connectivity index (χ2n) is 6.04. The Bertz CT molecular complexity index is 493. The van der Waals surface area contributed by atoms with E-state index in [1.807, 2.05) is 32.9 Å². The molecule has 3 N–H and O–H groups in total. The fourth-order valence-electron chi connectivity index (χ4n) is 1.90. The van der Waals surface area contributed by atoms with Crippen molar-refractivity contribution in [3.63, 3.8) is 0 Å². The highest BCUT2D eigenvalue weighted by Gasteiger charge is 2.10. The zero-order valence-electron chi connectivity index (χ0n) is 12.9. The van der Waals surface area contributed by atoms with Crippen molar-refractivity contribution in [2.24, 2.45) is 0 Å². The molecule has 1 aromatic rings. The van der Waals surface area contributed by atoms with Gasteiger partial charge in [0.05, 0.1) is 6.42 Å². The van der Waals surface area contributed by atoms with Crippen molar-refractivity contribution in [2.45, 2.75) is 45.7 Å². The normalized spacial score (nSPS) is 11.2. The summed E-state index contributed by atoms with van der Waals surface area (Å²) in [5, 5.41) is 14.9. The van der Waals surface area contributed by atoms with E-state index >= 15 is 0 Å². The van der Waals surface area contributed by atoms with Crippen LogP contribution in [0.3, 0.4) is 0 Å². The first-order valence-corrected chi connectivity index (χ1v) is 7.08. The summed E-state index contributed by atoms with van der Waals surface area (Å²) in [5.74, 6) is -0.917. The highest BCUT2D eigenvalue weighted by molar-refractivity contribution is 5.76. The minimum absolute atomic E-state index is 0.00559. The maximum Gasteiger partial charge on any atom is 0.307 e. The average molecular weight is 292 g/mol. The first kappa shape index (κ1) is 17.2. The molecule has 21 heavy (non-hydrogen) atoms. The number of aliphatic carboxylic acids is 1. The Balaban J connectivity index is 2.44. The van der Waals surface area contributed by atoms with Crippen LogP contribution in [0.5, 0.6) is 0 Å². The molecule has 0 heterocycles. The summed E-state index contributed by atoms with van der Waals surface area (Å²) < 4.78 is 0. The van der Waals surface area contributed by atoms with Crippen LogP contribution in [0.2, 0.25) is 0 Å². The van der Waals surface area contributed by atoms with Gasteiger partial charge in [-0.2, -0.15) is 0 Å². The second kappa shape index (κ2) is 7.78. The SMILES string of the molecule is CC(C)(C)NCCC(=O)NCc1ccccc1CC(=O)O. The number of amides is 1. The van der Waals surface area contributed by atoms with E-state index in [-0.39, 0.29) is 17.9 Å². The fourth-order valence-corrected chi connectivity index (χ4v) is 1.90. The molecule has 0 atom stereocenters. The van der Waals surface area contributed by atoms with Crippen molar-refractivity contribution in [2.75, 3.05) is 6.54 Å². The Morgan fingerprint density at radius 2 is 1.76 bits per heavy atom.